The largest absolute Gasteiger partial charge is 0.388 e. The second-order valence-corrected chi connectivity index (χ2v) is 6.36. The lowest BCUT2D eigenvalue weighted by Gasteiger charge is -2.28. The molecule has 1 saturated heterocycles. The van der Waals surface area contributed by atoms with Gasteiger partial charge in [-0.15, -0.1) is 0 Å². The molecule has 6 nitrogen and oxygen atoms in total. The molecule has 6 heteroatoms. The topological polar surface area (TPSA) is 85.3 Å². The Morgan fingerprint density at radius 3 is 2.55 bits per heavy atom. The smallest absolute Gasteiger partial charge is 0.329 e. The van der Waals surface area contributed by atoms with E-state index in [9.17, 15) is 9.59 Å². The van der Waals surface area contributed by atoms with Crippen molar-refractivity contribution < 1.29 is 9.59 Å². The zero-order valence-corrected chi connectivity index (χ0v) is 13.4. The summed E-state index contributed by atoms with van der Waals surface area (Å²) in [5, 5.41) is 13.6. The van der Waals surface area contributed by atoms with Gasteiger partial charge >= 0.3 is 6.03 Å². The Bertz CT molecular complexity index is 632. The molecule has 0 unspecified atom stereocenters. The molecule has 1 aromatic rings. The molecule has 22 heavy (non-hydrogen) atoms. The number of carbonyl (C=O) groups is 2. The Kier molecular flexibility index (Phi) is 4.21. The molecule has 0 radical (unpaired) electrons. The van der Waals surface area contributed by atoms with Gasteiger partial charge < -0.3 is 5.32 Å². The van der Waals surface area contributed by atoms with E-state index in [0.717, 1.165) is 11.3 Å². The van der Waals surface area contributed by atoms with Gasteiger partial charge in [-0.25, -0.2) is 4.79 Å². The Labute approximate surface area is 130 Å². The number of anilines is 1. The van der Waals surface area contributed by atoms with Crippen molar-refractivity contribution >= 4 is 23.5 Å². The Hall–Kier alpha value is -2.37. The van der Waals surface area contributed by atoms with Gasteiger partial charge in [0.15, 0.2) is 0 Å². The van der Waals surface area contributed by atoms with Crippen LogP contribution in [0.4, 0.5) is 10.5 Å². The van der Waals surface area contributed by atoms with Crippen LogP contribution in [0, 0.1) is 5.41 Å². The summed E-state index contributed by atoms with van der Waals surface area (Å²) in [5.74, 6) is -0.208. The second-order valence-electron chi connectivity index (χ2n) is 6.36. The molecule has 1 aliphatic rings. The number of imide groups is 1. The summed E-state index contributed by atoms with van der Waals surface area (Å²) >= 11 is 0. The third-order valence-electron chi connectivity index (χ3n) is 3.73. The van der Waals surface area contributed by atoms with Gasteiger partial charge in [0.2, 0.25) is 5.91 Å². The first-order valence-corrected chi connectivity index (χ1v) is 7.26. The van der Waals surface area contributed by atoms with E-state index in [1.807, 2.05) is 18.2 Å². The molecule has 3 N–H and O–H groups in total. The maximum Gasteiger partial charge on any atom is 0.329 e. The fourth-order valence-electron chi connectivity index (χ4n) is 2.35. The number of urea groups is 1. The van der Waals surface area contributed by atoms with Crippen LogP contribution >= 0.6 is 0 Å². The highest BCUT2D eigenvalue weighted by atomic mass is 16.2. The van der Waals surface area contributed by atoms with Crippen LogP contribution in [0.5, 0.6) is 0 Å². The highest BCUT2D eigenvalue weighted by Crippen LogP contribution is 2.28. The highest BCUT2D eigenvalue weighted by molar-refractivity contribution is 6.12. The Morgan fingerprint density at radius 2 is 2.00 bits per heavy atom. The number of rotatable bonds is 2. The molecular weight excluding hydrogens is 280 g/mol. The van der Waals surface area contributed by atoms with E-state index in [2.05, 4.69) is 31.4 Å². The van der Waals surface area contributed by atoms with Crippen LogP contribution in [0.25, 0.3) is 0 Å². The Morgan fingerprint density at radius 1 is 1.32 bits per heavy atom. The van der Waals surface area contributed by atoms with Crippen LogP contribution in [-0.4, -0.2) is 36.3 Å². The second kappa shape index (κ2) is 5.79. The number of amidine groups is 1. The van der Waals surface area contributed by atoms with E-state index in [1.165, 1.54) is 4.90 Å². The first kappa shape index (κ1) is 16.0. The zero-order chi connectivity index (χ0) is 16.5. The molecule has 1 fully saturated rings. The van der Waals surface area contributed by atoms with Crippen molar-refractivity contribution in [1.29, 1.82) is 5.41 Å². The van der Waals surface area contributed by atoms with E-state index in [-0.39, 0.29) is 30.1 Å². The molecule has 1 aliphatic heterocycles. The molecule has 0 aromatic heterocycles. The van der Waals surface area contributed by atoms with E-state index in [4.69, 9.17) is 5.41 Å². The van der Waals surface area contributed by atoms with Crippen molar-refractivity contribution in [2.75, 3.05) is 18.9 Å². The average molecular weight is 302 g/mol. The minimum absolute atomic E-state index is 0.00123. The van der Waals surface area contributed by atoms with Gasteiger partial charge in [-0.1, -0.05) is 26.8 Å². The summed E-state index contributed by atoms with van der Waals surface area (Å²) in [6.07, 6.45) is 0.211. The molecule has 118 valence electrons. The molecule has 0 saturated carbocycles. The number of benzene rings is 1. The molecule has 0 bridgehead atoms. The van der Waals surface area contributed by atoms with Crippen LogP contribution in [0.1, 0.15) is 38.3 Å². The van der Waals surface area contributed by atoms with Crippen LogP contribution in [-0.2, 0) is 10.2 Å². The SMILES string of the molecule is CNc1cc(C(C)(C)C)ccc1C(=N)N1CCC(=O)NC1=O. The van der Waals surface area contributed by atoms with E-state index in [0.29, 0.717) is 5.56 Å². The summed E-state index contributed by atoms with van der Waals surface area (Å²) < 4.78 is 0. The van der Waals surface area contributed by atoms with Gasteiger partial charge in [0.25, 0.3) is 0 Å². The normalized spacial score (nSPS) is 15.5. The van der Waals surface area contributed by atoms with Gasteiger partial charge in [-0.2, -0.15) is 0 Å². The first-order valence-electron chi connectivity index (χ1n) is 7.26. The summed E-state index contributed by atoms with van der Waals surface area (Å²) in [6.45, 7) is 6.59. The predicted octanol–water partition coefficient (Wildman–Crippen LogP) is 2.29. The molecule has 1 heterocycles. The van der Waals surface area contributed by atoms with Gasteiger partial charge in [0, 0.05) is 31.3 Å². The summed E-state index contributed by atoms with van der Waals surface area (Å²) in [4.78, 5) is 24.4. The zero-order valence-electron chi connectivity index (χ0n) is 13.4. The van der Waals surface area contributed by atoms with E-state index < -0.39 is 6.03 Å². The number of hydrogen-bond donors (Lipinski definition) is 3. The van der Waals surface area contributed by atoms with Crippen LogP contribution in [0.15, 0.2) is 18.2 Å². The van der Waals surface area contributed by atoms with Crippen molar-refractivity contribution in [2.45, 2.75) is 32.6 Å². The number of nitrogens with one attached hydrogen (secondary N) is 3. The van der Waals surface area contributed by atoms with Crippen molar-refractivity contribution in [3.63, 3.8) is 0 Å². The maximum absolute atomic E-state index is 11.9. The third-order valence-corrected chi connectivity index (χ3v) is 3.73. The maximum atomic E-state index is 11.9. The molecule has 0 aliphatic carbocycles. The molecule has 2 rings (SSSR count). The fourth-order valence-corrected chi connectivity index (χ4v) is 2.35. The van der Waals surface area contributed by atoms with Crippen LogP contribution < -0.4 is 10.6 Å². The fraction of sp³-hybridized carbons (Fsp3) is 0.438. The summed E-state index contributed by atoms with van der Waals surface area (Å²) in [5.41, 5.74) is 2.58. The van der Waals surface area contributed by atoms with E-state index >= 15 is 0 Å². The summed E-state index contributed by atoms with van der Waals surface area (Å²) in [6, 6.07) is 5.27. The molecule has 0 atom stereocenters. The van der Waals surface area contributed by atoms with Crippen molar-refractivity contribution in [2.24, 2.45) is 0 Å². The standard InChI is InChI=1S/C16H22N4O2/c1-16(2,3)10-5-6-11(12(9-10)18-4)14(17)20-8-7-13(21)19-15(20)22/h5-6,9,17-18H,7-8H2,1-4H3,(H,19,21,22). The molecule has 3 amide bonds. The monoisotopic (exact) mass is 302 g/mol. The lowest BCUT2D eigenvalue weighted by Crippen LogP contribution is -2.52. The average Bonchev–Trinajstić information content (AvgIpc) is 2.45. The summed E-state index contributed by atoms with van der Waals surface area (Å²) in [7, 11) is 1.79. The van der Waals surface area contributed by atoms with Gasteiger partial charge in [-0.3, -0.25) is 20.4 Å². The number of amides is 3. The number of hydrogen-bond acceptors (Lipinski definition) is 4. The van der Waals surface area contributed by atoms with Crippen LogP contribution in [0.3, 0.4) is 0 Å². The van der Waals surface area contributed by atoms with Crippen molar-refractivity contribution in [3.8, 4) is 0 Å². The van der Waals surface area contributed by atoms with Crippen molar-refractivity contribution in [1.82, 2.24) is 10.2 Å². The third kappa shape index (κ3) is 3.10. The number of carbonyl (C=O) groups excluding carboxylic acids is 2. The first-order chi connectivity index (χ1) is 10.2. The molecular formula is C16H22N4O2. The Balaban J connectivity index is 2.34. The highest BCUT2D eigenvalue weighted by Gasteiger charge is 2.28. The lowest BCUT2D eigenvalue weighted by atomic mass is 9.86. The van der Waals surface area contributed by atoms with Crippen molar-refractivity contribution in [3.05, 3.63) is 29.3 Å². The van der Waals surface area contributed by atoms with Gasteiger partial charge in [-0.05, 0) is 23.1 Å². The van der Waals surface area contributed by atoms with Crippen LogP contribution in [0.2, 0.25) is 0 Å². The molecule has 1 aromatic carbocycles. The predicted molar refractivity (Wildman–Crippen MR) is 86.4 cm³/mol. The lowest BCUT2D eigenvalue weighted by molar-refractivity contribution is -0.121. The van der Waals surface area contributed by atoms with Gasteiger partial charge in [0.05, 0.1) is 0 Å². The molecule has 0 spiro atoms. The minimum atomic E-state index is -0.539. The van der Waals surface area contributed by atoms with Gasteiger partial charge in [0.1, 0.15) is 5.84 Å². The quantitative estimate of drug-likeness (QED) is 0.579. The number of nitrogens with zero attached hydrogens (tertiary/aromatic N) is 1. The minimum Gasteiger partial charge on any atom is -0.388 e. The van der Waals surface area contributed by atoms with E-state index in [1.54, 1.807) is 7.05 Å².